The molecule has 2 N–H and O–H groups in total. The van der Waals surface area contributed by atoms with E-state index in [1.54, 1.807) is 0 Å². The van der Waals surface area contributed by atoms with Gasteiger partial charge in [-0.3, -0.25) is 0 Å². The third-order valence-electron chi connectivity index (χ3n) is 2.10. The van der Waals surface area contributed by atoms with Crippen molar-refractivity contribution in [2.45, 2.75) is 33.3 Å². The van der Waals surface area contributed by atoms with Crippen LogP contribution >= 0.6 is 0 Å². The number of benzene rings is 1. The Morgan fingerprint density at radius 2 is 2.00 bits per heavy atom. The molecule has 1 rings (SSSR count). The van der Waals surface area contributed by atoms with Crippen molar-refractivity contribution in [3.63, 3.8) is 0 Å². The van der Waals surface area contributed by atoms with E-state index >= 15 is 0 Å². The van der Waals surface area contributed by atoms with Gasteiger partial charge in [-0.15, -0.1) is 0 Å². The third-order valence-corrected chi connectivity index (χ3v) is 2.10. The van der Waals surface area contributed by atoms with Gasteiger partial charge in [0.15, 0.2) is 11.5 Å². The Morgan fingerprint density at radius 3 is 2.56 bits per heavy atom. The molecule has 1 aromatic rings. The molecule has 0 saturated carbocycles. The normalized spacial score (nSPS) is 10.6. The van der Waals surface area contributed by atoms with E-state index in [9.17, 15) is 0 Å². The lowest BCUT2D eigenvalue weighted by Crippen LogP contribution is -2.08. The van der Waals surface area contributed by atoms with Crippen LogP contribution in [0.3, 0.4) is 0 Å². The van der Waals surface area contributed by atoms with E-state index in [4.69, 9.17) is 15.2 Å². The predicted molar refractivity (Wildman–Crippen MR) is 66.1 cm³/mol. The number of nitrogens with two attached hydrogens (primary N) is 1. The van der Waals surface area contributed by atoms with Crippen molar-refractivity contribution in [2.75, 3.05) is 13.2 Å². The monoisotopic (exact) mass is 223 g/mol. The summed E-state index contributed by atoms with van der Waals surface area (Å²) in [5.74, 6) is 1.61. The molecule has 16 heavy (non-hydrogen) atoms. The van der Waals surface area contributed by atoms with Crippen molar-refractivity contribution >= 4 is 0 Å². The molecular formula is C13H21NO2. The molecule has 0 unspecified atom stereocenters. The third kappa shape index (κ3) is 3.74. The van der Waals surface area contributed by atoms with E-state index in [0.717, 1.165) is 17.9 Å². The van der Waals surface area contributed by atoms with Gasteiger partial charge in [0.2, 0.25) is 0 Å². The van der Waals surface area contributed by atoms with Crippen LogP contribution in [0.2, 0.25) is 0 Å². The lowest BCUT2D eigenvalue weighted by molar-refractivity contribution is 0.223. The van der Waals surface area contributed by atoms with Crippen molar-refractivity contribution in [1.29, 1.82) is 0 Å². The summed E-state index contributed by atoms with van der Waals surface area (Å²) in [4.78, 5) is 0. The molecule has 1 aromatic carbocycles. The molecule has 0 aliphatic carbocycles. The zero-order chi connectivity index (χ0) is 12.0. The molecule has 0 heterocycles. The maximum absolute atomic E-state index is 5.67. The first-order chi connectivity index (χ1) is 7.67. The molecule has 0 aliphatic rings. The largest absolute Gasteiger partial charge is 0.490 e. The molecule has 0 fully saturated rings. The van der Waals surface area contributed by atoms with E-state index in [1.807, 2.05) is 39.0 Å². The SMILES string of the molecule is CCOc1cc(CCN)ccc1OC(C)C. The Labute approximate surface area is 97.6 Å². The van der Waals surface area contributed by atoms with Crippen LogP contribution in [0.15, 0.2) is 18.2 Å². The zero-order valence-electron chi connectivity index (χ0n) is 10.3. The molecule has 0 spiro atoms. The van der Waals surface area contributed by atoms with Gasteiger partial charge in [-0.1, -0.05) is 6.07 Å². The summed E-state index contributed by atoms with van der Waals surface area (Å²) in [7, 11) is 0. The molecule has 0 bridgehead atoms. The van der Waals surface area contributed by atoms with Gasteiger partial charge >= 0.3 is 0 Å². The number of ether oxygens (including phenoxy) is 2. The van der Waals surface area contributed by atoms with E-state index in [2.05, 4.69) is 0 Å². The standard InChI is InChI=1S/C13H21NO2/c1-4-15-13-9-11(7-8-14)5-6-12(13)16-10(2)3/h5-6,9-10H,4,7-8,14H2,1-3H3. The van der Waals surface area contributed by atoms with Crippen molar-refractivity contribution in [2.24, 2.45) is 5.73 Å². The van der Waals surface area contributed by atoms with Gasteiger partial charge < -0.3 is 15.2 Å². The van der Waals surface area contributed by atoms with Gasteiger partial charge in [-0.2, -0.15) is 0 Å². The molecule has 3 heteroatoms. The fraction of sp³-hybridized carbons (Fsp3) is 0.538. The van der Waals surface area contributed by atoms with E-state index < -0.39 is 0 Å². The highest BCUT2D eigenvalue weighted by Crippen LogP contribution is 2.29. The smallest absolute Gasteiger partial charge is 0.161 e. The number of hydrogen-bond donors (Lipinski definition) is 1. The average Bonchev–Trinajstić information content (AvgIpc) is 2.22. The van der Waals surface area contributed by atoms with E-state index in [1.165, 1.54) is 5.56 Å². The van der Waals surface area contributed by atoms with Gasteiger partial charge in [-0.25, -0.2) is 0 Å². The van der Waals surface area contributed by atoms with Crippen LogP contribution in [0.25, 0.3) is 0 Å². The molecule has 0 amide bonds. The van der Waals surface area contributed by atoms with Gasteiger partial charge in [0.25, 0.3) is 0 Å². The second kappa shape index (κ2) is 6.38. The lowest BCUT2D eigenvalue weighted by Gasteiger charge is -2.15. The number of rotatable bonds is 6. The first-order valence-corrected chi connectivity index (χ1v) is 5.79. The topological polar surface area (TPSA) is 44.5 Å². The van der Waals surface area contributed by atoms with Crippen LogP contribution < -0.4 is 15.2 Å². The summed E-state index contributed by atoms with van der Waals surface area (Å²) >= 11 is 0. The van der Waals surface area contributed by atoms with Gasteiger partial charge in [0, 0.05) is 0 Å². The summed E-state index contributed by atoms with van der Waals surface area (Å²) < 4.78 is 11.2. The van der Waals surface area contributed by atoms with Crippen molar-refractivity contribution in [3.05, 3.63) is 23.8 Å². The molecule has 0 atom stereocenters. The fourth-order valence-corrected chi connectivity index (χ4v) is 1.49. The molecule has 0 saturated heterocycles. The minimum absolute atomic E-state index is 0.152. The Kier molecular flexibility index (Phi) is 5.12. The van der Waals surface area contributed by atoms with Gasteiger partial charge in [0.1, 0.15) is 0 Å². The highest BCUT2D eigenvalue weighted by atomic mass is 16.5. The molecular weight excluding hydrogens is 202 g/mol. The first-order valence-electron chi connectivity index (χ1n) is 5.79. The maximum Gasteiger partial charge on any atom is 0.161 e. The van der Waals surface area contributed by atoms with Gasteiger partial charge in [0.05, 0.1) is 12.7 Å². The van der Waals surface area contributed by atoms with Crippen LogP contribution in [0.4, 0.5) is 0 Å². The Hall–Kier alpha value is -1.22. The van der Waals surface area contributed by atoms with Crippen molar-refractivity contribution in [1.82, 2.24) is 0 Å². The van der Waals surface area contributed by atoms with Gasteiger partial charge in [-0.05, 0) is 51.4 Å². The quantitative estimate of drug-likeness (QED) is 0.805. The molecule has 0 aliphatic heterocycles. The summed E-state index contributed by atoms with van der Waals surface area (Å²) in [6.07, 6.45) is 1.02. The Morgan fingerprint density at radius 1 is 1.25 bits per heavy atom. The van der Waals surface area contributed by atoms with Crippen LogP contribution in [0, 0.1) is 0 Å². The van der Waals surface area contributed by atoms with E-state index in [-0.39, 0.29) is 6.10 Å². The van der Waals surface area contributed by atoms with Crippen LogP contribution in [-0.4, -0.2) is 19.3 Å². The second-order valence-electron chi connectivity index (χ2n) is 3.92. The fourth-order valence-electron chi connectivity index (χ4n) is 1.49. The zero-order valence-corrected chi connectivity index (χ0v) is 10.3. The first kappa shape index (κ1) is 12.8. The highest BCUT2D eigenvalue weighted by Gasteiger charge is 2.07. The summed E-state index contributed by atoms with van der Waals surface area (Å²) in [6, 6.07) is 6.00. The minimum Gasteiger partial charge on any atom is -0.490 e. The minimum atomic E-state index is 0.152. The summed E-state index contributed by atoms with van der Waals surface area (Å²) in [6.45, 7) is 7.26. The molecule has 3 nitrogen and oxygen atoms in total. The summed E-state index contributed by atoms with van der Waals surface area (Å²) in [5, 5.41) is 0. The Balaban J connectivity index is 2.89. The van der Waals surface area contributed by atoms with Crippen molar-refractivity contribution in [3.8, 4) is 11.5 Å². The van der Waals surface area contributed by atoms with E-state index in [0.29, 0.717) is 13.2 Å². The predicted octanol–water partition coefficient (Wildman–Crippen LogP) is 2.37. The Bertz CT molecular complexity index is 324. The van der Waals surface area contributed by atoms with Crippen LogP contribution in [0.5, 0.6) is 11.5 Å². The maximum atomic E-state index is 5.67. The summed E-state index contributed by atoms with van der Waals surface area (Å²) in [5.41, 5.74) is 6.71. The second-order valence-corrected chi connectivity index (χ2v) is 3.92. The number of hydrogen-bond acceptors (Lipinski definition) is 3. The molecule has 90 valence electrons. The molecule has 0 aromatic heterocycles. The lowest BCUT2D eigenvalue weighted by atomic mass is 10.1. The molecule has 0 radical (unpaired) electrons. The highest BCUT2D eigenvalue weighted by molar-refractivity contribution is 5.43. The van der Waals surface area contributed by atoms with Crippen LogP contribution in [0.1, 0.15) is 26.3 Å². The average molecular weight is 223 g/mol. The van der Waals surface area contributed by atoms with Crippen LogP contribution in [-0.2, 0) is 6.42 Å². The van der Waals surface area contributed by atoms with Crippen molar-refractivity contribution < 1.29 is 9.47 Å².